The summed E-state index contributed by atoms with van der Waals surface area (Å²) in [7, 11) is -1.05. The zero-order valence-corrected chi connectivity index (χ0v) is 17.6. The smallest absolute Gasteiger partial charge is 0.254 e. The Kier molecular flexibility index (Phi) is 4.49. The Morgan fingerprint density at radius 2 is 1.93 bits per heavy atom. The Labute approximate surface area is 171 Å². The number of carbonyl (C=O) groups excluding carboxylic acids is 1. The predicted molar refractivity (Wildman–Crippen MR) is 113 cm³/mol. The van der Waals surface area contributed by atoms with Gasteiger partial charge in [0.05, 0.1) is 5.75 Å². The van der Waals surface area contributed by atoms with Gasteiger partial charge in [0.15, 0.2) is 9.84 Å². The zero-order chi connectivity index (χ0) is 20.2. The Hall–Kier alpha value is -1.90. The van der Waals surface area contributed by atoms with Crippen LogP contribution in [-0.4, -0.2) is 97.4 Å². The van der Waals surface area contributed by atoms with Crippen molar-refractivity contribution in [1.82, 2.24) is 19.7 Å². The summed E-state index contributed by atoms with van der Waals surface area (Å²) in [5.74, 6) is 0.296. The van der Waals surface area contributed by atoms with Gasteiger partial charge in [-0.15, -0.1) is 0 Å². The Morgan fingerprint density at radius 1 is 1.17 bits per heavy atom. The number of likely N-dealkylation sites (N-methyl/N-ethyl adjacent to an activating group) is 1. The van der Waals surface area contributed by atoms with Gasteiger partial charge in [0, 0.05) is 68.5 Å². The van der Waals surface area contributed by atoms with E-state index in [-0.39, 0.29) is 17.6 Å². The van der Waals surface area contributed by atoms with Crippen molar-refractivity contribution in [2.24, 2.45) is 5.92 Å². The van der Waals surface area contributed by atoms with E-state index in [0.717, 1.165) is 43.6 Å². The van der Waals surface area contributed by atoms with Crippen LogP contribution in [0.4, 0.5) is 0 Å². The number of aromatic amines is 1. The highest BCUT2D eigenvalue weighted by atomic mass is 32.2. The van der Waals surface area contributed by atoms with E-state index in [0.29, 0.717) is 25.1 Å². The van der Waals surface area contributed by atoms with Crippen molar-refractivity contribution in [3.63, 3.8) is 0 Å². The Bertz CT molecular complexity index is 1030. The summed E-state index contributed by atoms with van der Waals surface area (Å²) in [6, 6.07) is 7.54. The van der Waals surface area contributed by atoms with E-state index in [1.807, 2.05) is 30.5 Å². The SMILES string of the molecule is CN1CCN(CC2CCS(=O)(=O)C23CN(C(=O)c2cccc4[nH]ccc24)C3)CC1. The van der Waals surface area contributed by atoms with Crippen LogP contribution in [0.2, 0.25) is 0 Å². The molecule has 3 fully saturated rings. The van der Waals surface area contributed by atoms with Crippen LogP contribution in [0.3, 0.4) is 0 Å². The van der Waals surface area contributed by atoms with Crippen LogP contribution in [0.5, 0.6) is 0 Å². The van der Waals surface area contributed by atoms with Crippen LogP contribution < -0.4 is 0 Å². The van der Waals surface area contributed by atoms with E-state index in [1.54, 1.807) is 4.90 Å². The number of nitrogens with one attached hydrogen (secondary N) is 1. The molecule has 8 heteroatoms. The second kappa shape index (κ2) is 6.82. The van der Waals surface area contributed by atoms with E-state index < -0.39 is 14.6 Å². The third kappa shape index (κ3) is 3.00. The summed E-state index contributed by atoms with van der Waals surface area (Å²) in [6.07, 6.45) is 2.54. The lowest BCUT2D eigenvalue weighted by Crippen LogP contribution is -2.69. The van der Waals surface area contributed by atoms with Crippen molar-refractivity contribution < 1.29 is 13.2 Å². The van der Waals surface area contributed by atoms with E-state index in [4.69, 9.17) is 0 Å². The monoisotopic (exact) mass is 416 g/mol. The highest BCUT2D eigenvalue weighted by molar-refractivity contribution is 7.93. The lowest BCUT2D eigenvalue weighted by atomic mass is 9.82. The third-order valence-electron chi connectivity index (χ3n) is 7.20. The molecule has 1 spiro atoms. The van der Waals surface area contributed by atoms with Gasteiger partial charge in [-0.05, 0) is 37.6 Å². The van der Waals surface area contributed by atoms with Gasteiger partial charge in [0.25, 0.3) is 5.91 Å². The molecule has 4 heterocycles. The lowest BCUT2D eigenvalue weighted by Gasteiger charge is -2.51. The first-order chi connectivity index (χ1) is 13.9. The Balaban J connectivity index is 1.34. The summed E-state index contributed by atoms with van der Waals surface area (Å²) < 4.78 is 25.2. The lowest BCUT2D eigenvalue weighted by molar-refractivity contribution is 0.0392. The van der Waals surface area contributed by atoms with Gasteiger partial charge >= 0.3 is 0 Å². The molecule has 5 rings (SSSR count). The fourth-order valence-corrected chi connectivity index (χ4v) is 7.66. The summed E-state index contributed by atoms with van der Waals surface area (Å²) in [5, 5.41) is 0.890. The highest BCUT2D eigenvalue weighted by Gasteiger charge is 2.62. The number of aromatic nitrogens is 1. The fraction of sp³-hybridized carbons (Fsp3) is 0.571. The molecule has 1 amide bonds. The minimum atomic E-state index is -3.18. The van der Waals surface area contributed by atoms with Gasteiger partial charge in [-0.1, -0.05) is 6.07 Å². The molecule has 0 bridgehead atoms. The molecule has 2 aromatic rings. The number of sulfone groups is 1. The van der Waals surface area contributed by atoms with E-state index in [1.165, 1.54) is 0 Å². The first-order valence-corrected chi connectivity index (χ1v) is 12.0. The van der Waals surface area contributed by atoms with Crippen molar-refractivity contribution >= 4 is 26.6 Å². The number of hydrogen-bond donors (Lipinski definition) is 1. The average molecular weight is 417 g/mol. The number of nitrogens with zero attached hydrogens (tertiary/aromatic N) is 3. The van der Waals surface area contributed by atoms with Gasteiger partial charge in [-0.25, -0.2) is 8.42 Å². The summed E-state index contributed by atoms with van der Waals surface area (Å²) in [6.45, 7) is 5.50. The second-order valence-electron chi connectivity index (χ2n) is 8.88. The van der Waals surface area contributed by atoms with Crippen LogP contribution in [0.25, 0.3) is 10.9 Å². The van der Waals surface area contributed by atoms with E-state index >= 15 is 0 Å². The highest BCUT2D eigenvalue weighted by Crippen LogP contribution is 2.45. The topological polar surface area (TPSA) is 76.7 Å². The second-order valence-corrected chi connectivity index (χ2v) is 11.3. The minimum Gasteiger partial charge on any atom is -0.361 e. The number of amides is 1. The van der Waals surface area contributed by atoms with Gasteiger partial charge in [-0.2, -0.15) is 0 Å². The van der Waals surface area contributed by atoms with Crippen LogP contribution in [0, 0.1) is 5.92 Å². The predicted octanol–water partition coefficient (Wildman–Crippen LogP) is 1.04. The number of benzene rings is 1. The molecule has 1 aromatic heterocycles. The minimum absolute atomic E-state index is 0.0683. The summed E-state index contributed by atoms with van der Waals surface area (Å²) in [4.78, 5) is 22.7. The summed E-state index contributed by atoms with van der Waals surface area (Å²) >= 11 is 0. The molecule has 1 atom stereocenters. The molecule has 29 heavy (non-hydrogen) atoms. The van der Waals surface area contributed by atoms with Crippen LogP contribution in [0.15, 0.2) is 30.5 Å². The number of piperazine rings is 1. The van der Waals surface area contributed by atoms with E-state index in [9.17, 15) is 13.2 Å². The van der Waals surface area contributed by atoms with Crippen molar-refractivity contribution in [3.05, 3.63) is 36.0 Å². The molecule has 0 aliphatic carbocycles. The maximum atomic E-state index is 13.1. The normalized spacial score (nSPS) is 26.8. The molecule has 3 aliphatic rings. The number of carbonyl (C=O) groups is 1. The van der Waals surface area contributed by atoms with Crippen LogP contribution >= 0.6 is 0 Å². The zero-order valence-electron chi connectivity index (χ0n) is 16.8. The number of rotatable bonds is 3. The number of H-pyrrole nitrogens is 1. The molecule has 1 unspecified atom stereocenters. The molecular formula is C21H28N4O3S. The molecule has 0 saturated carbocycles. The third-order valence-corrected chi connectivity index (χ3v) is 9.81. The number of hydrogen-bond acceptors (Lipinski definition) is 5. The summed E-state index contributed by atoms with van der Waals surface area (Å²) in [5.41, 5.74) is 1.57. The molecular weight excluding hydrogens is 388 g/mol. The average Bonchev–Trinajstić information content (AvgIpc) is 3.24. The molecule has 0 radical (unpaired) electrons. The molecule has 156 valence electrons. The first-order valence-electron chi connectivity index (χ1n) is 10.4. The Morgan fingerprint density at radius 3 is 2.69 bits per heavy atom. The molecule has 1 aromatic carbocycles. The maximum absolute atomic E-state index is 13.1. The maximum Gasteiger partial charge on any atom is 0.254 e. The molecule has 1 N–H and O–H groups in total. The van der Waals surface area contributed by atoms with Gasteiger partial charge in [0.1, 0.15) is 4.75 Å². The van der Waals surface area contributed by atoms with Gasteiger partial charge < -0.3 is 19.7 Å². The first kappa shape index (κ1) is 19.1. The molecule has 3 saturated heterocycles. The van der Waals surface area contributed by atoms with Crippen LogP contribution in [0.1, 0.15) is 16.8 Å². The number of likely N-dealkylation sites (tertiary alicyclic amines) is 1. The quantitative estimate of drug-likeness (QED) is 0.809. The van der Waals surface area contributed by atoms with Gasteiger partial charge in [-0.3, -0.25) is 4.79 Å². The van der Waals surface area contributed by atoms with Crippen molar-refractivity contribution in [2.75, 3.05) is 58.6 Å². The van der Waals surface area contributed by atoms with Gasteiger partial charge in [0.2, 0.25) is 0 Å². The van der Waals surface area contributed by atoms with Crippen molar-refractivity contribution in [2.45, 2.75) is 11.2 Å². The standard InChI is InChI=1S/C21H28N4O3S/c1-23-8-10-24(11-9-23)13-16-6-12-29(27,28)21(16)14-25(15-21)20(26)18-3-2-4-19-17(18)5-7-22-19/h2-5,7,16,22H,6,8-15H2,1H3. The molecule has 7 nitrogen and oxygen atoms in total. The van der Waals surface area contributed by atoms with Crippen molar-refractivity contribution in [3.8, 4) is 0 Å². The van der Waals surface area contributed by atoms with Crippen molar-refractivity contribution in [1.29, 1.82) is 0 Å². The largest absolute Gasteiger partial charge is 0.361 e. The number of fused-ring (bicyclic) bond motifs is 1. The fourth-order valence-electron chi connectivity index (χ4n) is 5.26. The van der Waals surface area contributed by atoms with Crippen LogP contribution in [-0.2, 0) is 9.84 Å². The molecule has 3 aliphatic heterocycles. The van der Waals surface area contributed by atoms with E-state index in [2.05, 4.69) is 21.8 Å².